The molecule has 0 saturated carbocycles. The van der Waals surface area contributed by atoms with Crippen molar-refractivity contribution in [3.8, 4) is 0 Å². The number of rotatable bonds is 5. The molecular weight excluding hydrogens is 288 g/mol. The van der Waals surface area contributed by atoms with Crippen LogP contribution in [0.25, 0.3) is 0 Å². The molecule has 2 rings (SSSR count). The molecule has 0 spiro atoms. The number of aryl methyl sites for hydroxylation is 1. The number of carbonyl (C=O) groups is 1. The van der Waals surface area contributed by atoms with Crippen LogP contribution in [0.15, 0.2) is 47.6 Å². The van der Waals surface area contributed by atoms with E-state index in [2.05, 4.69) is 24.4 Å². The SMILES string of the molecule is COC(C(=O)N/N=C\c1ccc(C)c(C)c1C)c1ccccc1. The summed E-state index contributed by atoms with van der Waals surface area (Å²) in [6, 6.07) is 13.4. The molecule has 0 heterocycles. The van der Waals surface area contributed by atoms with Gasteiger partial charge in [-0.3, -0.25) is 4.79 Å². The van der Waals surface area contributed by atoms with Crippen molar-refractivity contribution in [3.05, 3.63) is 70.3 Å². The first-order valence-electron chi connectivity index (χ1n) is 7.52. The van der Waals surface area contributed by atoms with Crippen LogP contribution in [0.2, 0.25) is 0 Å². The first kappa shape index (κ1) is 16.9. The molecule has 0 fully saturated rings. The average Bonchev–Trinajstić information content (AvgIpc) is 2.56. The van der Waals surface area contributed by atoms with Gasteiger partial charge in [-0.2, -0.15) is 5.10 Å². The molecule has 4 heteroatoms. The molecule has 2 aromatic rings. The van der Waals surface area contributed by atoms with Gasteiger partial charge in [0.15, 0.2) is 6.10 Å². The maximum absolute atomic E-state index is 12.2. The molecule has 120 valence electrons. The van der Waals surface area contributed by atoms with Gasteiger partial charge in [-0.1, -0.05) is 42.5 Å². The highest BCUT2D eigenvalue weighted by molar-refractivity contribution is 5.86. The third-order valence-electron chi connectivity index (χ3n) is 4.05. The Bertz CT molecular complexity index is 709. The van der Waals surface area contributed by atoms with Crippen LogP contribution in [0.5, 0.6) is 0 Å². The summed E-state index contributed by atoms with van der Waals surface area (Å²) in [6.45, 7) is 6.21. The van der Waals surface area contributed by atoms with Gasteiger partial charge in [-0.05, 0) is 48.6 Å². The van der Waals surface area contributed by atoms with E-state index in [1.54, 1.807) is 6.21 Å². The van der Waals surface area contributed by atoms with Crippen molar-refractivity contribution >= 4 is 12.1 Å². The van der Waals surface area contributed by atoms with Crippen molar-refractivity contribution in [2.24, 2.45) is 5.10 Å². The van der Waals surface area contributed by atoms with E-state index in [-0.39, 0.29) is 5.91 Å². The van der Waals surface area contributed by atoms with E-state index in [9.17, 15) is 4.79 Å². The molecule has 1 unspecified atom stereocenters. The van der Waals surface area contributed by atoms with Crippen LogP contribution in [0.3, 0.4) is 0 Å². The molecule has 1 N–H and O–H groups in total. The lowest BCUT2D eigenvalue weighted by atomic mass is 10.00. The lowest BCUT2D eigenvalue weighted by Crippen LogP contribution is -2.26. The minimum absolute atomic E-state index is 0.295. The van der Waals surface area contributed by atoms with E-state index >= 15 is 0 Å². The van der Waals surface area contributed by atoms with Gasteiger partial charge in [0.25, 0.3) is 5.91 Å². The number of amides is 1. The first-order chi connectivity index (χ1) is 11.0. The zero-order valence-corrected chi connectivity index (χ0v) is 14.0. The molecule has 0 aliphatic rings. The number of methoxy groups -OCH3 is 1. The van der Waals surface area contributed by atoms with Gasteiger partial charge in [-0.25, -0.2) is 5.43 Å². The summed E-state index contributed by atoms with van der Waals surface area (Å²) in [6.07, 6.45) is 0.992. The number of hydrogen-bond acceptors (Lipinski definition) is 3. The van der Waals surface area contributed by atoms with Crippen LogP contribution in [0, 0.1) is 20.8 Å². The summed E-state index contributed by atoms with van der Waals surface area (Å²) >= 11 is 0. The smallest absolute Gasteiger partial charge is 0.273 e. The van der Waals surface area contributed by atoms with Crippen LogP contribution in [0.1, 0.15) is 33.9 Å². The van der Waals surface area contributed by atoms with Gasteiger partial charge < -0.3 is 4.74 Å². The number of nitrogens with zero attached hydrogens (tertiary/aromatic N) is 1. The summed E-state index contributed by atoms with van der Waals surface area (Å²) < 4.78 is 5.27. The summed E-state index contributed by atoms with van der Waals surface area (Å²) in [5.41, 5.74) is 7.97. The van der Waals surface area contributed by atoms with E-state index in [1.807, 2.05) is 49.4 Å². The normalized spacial score (nSPS) is 12.3. The lowest BCUT2D eigenvalue weighted by Gasteiger charge is -2.13. The number of benzene rings is 2. The number of hydrazone groups is 1. The molecule has 1 atom stereocenters. The predicted molar refractivity (Wildman–Crippen MR) is 92.6 cm³/mol. The summed E-state index contributed by atoms with van der Waals surface area (Å²) in [7, 11) is 1.51. The standard InChI is InChI=1S/C19H22N2O2/c1-13-10-11-17(15(3)14(13)2)12-20-21-19(22)18(23-4)16-8-6-5-7-9-16/h5-12,18H,1-4H3,(H,21,22)/b20-12-. The molecule has 0 aliphatic carbocycles. The minimum Gasteiger partial charge on any atom is -0.367 e. The lowest BCUT2D eigenvalue weighted by molar-refractivity contribution is -0.131. The van der Waals surface area contributed by atoms with E-state index < -0.39 is 6.10 Å². The molecule has 0 radical (unpaired) electrons. The Labute approximate surface area is 137 Å². The topological polar surface area (TPSA) is 50.7 Å². The molecule has 23 heavy (non-hydrogen) atoms. The number of nitrogens with one attached hydrogen (secondary N) is 1. The van der Waals surface area contributed by atoms with Gasteiger partial charge in [0.2, 0.25) is 0 Å². The van der Waals surface area contributed by atoms with Crippen molar-refractivity contribution in [3.63, 3.8) is 0 Å². The quantitative estimate of drug-likeness (QED) is 0.679. The molecule has 0 saturated heterocycles. The Kier molecular flexibility index (Phi) is 5.66. The first-order valence-corrected chi connectivity index (χ1v) is 7.52. The van der Waals surface area contributed by atoms with Gasteiger partial charge in [0.1, 0.15) is 0 Å². The second kappa shape index (κ2) is 7.70. The van der Waals surface area contributed by atoms with Gasteiger partial charge >= 0.3 is 0 Å². The van der Waals surface area contributed by atoms with Gasteiger partial charge in [0, 0.05) is 7.11 Å². The molecule has 0 aliphatic heterocycles. The van der Waals surface area contributed by atoms with Crippen LogP contribution in [-0.4, -0.2) is 19.2 Å². The summed E-state index contributed by atoms with van der Waals surface area (Å²) in [4.78, 5) is 12.2. The largest absolute Gasteiger partial charge is 0.367 e. The zero-order valence-electron chi connectivity index (χ0n) is 14.0. The molecule has 1 amide bonds. The third kappa shape index (κ3) is 4.05. The Hall–Kier alpha value is -2.46. The van der Waals surface area contributed by atoms with E-state index in [0.29, 0.717) is 0 Å². The van der Waals surface area contributed by atoms with Gasteiger partial charge in [-0.15, -0.1) is 0 Å². The Morgan fingerprint density at radius 2 is 1.78 bits per heavy atom. The molecular formula is C19H22N2O2. The number of hydrogen-bond donors (Lipinski definition) is 1. The van der Waals surface area contributed by atoms with E-state index in [0.717, 1.165) is 16.7 Å². The van der Waals surface area contributed by atoms with Crippen LogP contribution in [-0.2, 0) is 9.53 Å². The fourth-order valence-electron chi connectivity index (χ4n) is 2.36. The summed E-state index contributed by atoms with van der Waals surface area (Å²) in [5.74, 6) is -0.295. The predicted octanol–water partition coefficient (Wildman–Crippen LogP) is 3.45. The fourth-order valence-corrected chi connectivity index (χ4v) is 2.36. The van der Waals surface area contributed by atoms with Gasteiger partial charge in [0.05, 0.1) is 6.21 Å². The monoisotopic (exact) mass is 310 g/mol. The van der Waals surface area contributed by atoms with E-state index in [1.165, 1.54) is 18.2 Å². The van der Waals surface area contributed by atoms with Crippen molar-refractivity contribution in [1.29, 1.82) is 0 Å². The Balaban J connectivity index is 2.08. The second-order valence-electron chi connectivity index (χ2n) is 5.48. The Morgan fingerprint density at radius 3 is 2.43 bits per heavy atom. The van der Waals surface area contributed by atoms with Crippen LogP contribution >= 0.6 is 0 Å². The second-order valence-corrected chi connectivity index (χ2v) is 5.48. The zero-order chi connectivity index (χ0) is 16.8. The minimum atomic E-state index is -0.672. The maximum Gasteiger partial charge on any atom is 0.273 e. The van der Waals surface area contributed by atoms with E-state index in [4.69, 9.17) is 4.74 Å². The molecule has 4 nitrogen and oxygen atoms in total. The van der Waals surface area contributed by atoms with Crippen molar-refractivity contribution in [1.82, 2.24) is 5.43 Å². The Morgan fingerprint density at radius 1 is 1.09 bits per heavy atom. The highest BCUT2D eigenvalue weighted by Crippen LogP contribution is 2.17. The number of carbonyl (C=O) groups excluding carboxylic acids is 1. The third-order valence-corrected chi connectivity index (χ3v) is 4.05. The van der Waals surface area contributed by atoms with Crippen molar-refractivity contribution < 1.29 is 9.53 Å². The van der Waals surface area contributed by atoms with Crippen LogP contribution < -0.4 is 5.43 Å². The highest BCUT2D eigenvalue weighted by atomic mass is 16.5. The van der Waals surface area contributed by atoms with Crippen molar-refractivity contribution in [2.75, 3.05) is 7.11 Å². The van der Waals surface area contributed by atoms with Crippen molar-refractivity contribution in [2.45, 2.75) is 26.9 Å². The molecule has 0 bridgehead atoms. The molecule has 0 aromatic heterocycles. The maximum atomic E-state index is 12.2. The average molecular weight is 310 g/mol. The fraction of sp³-hybridized carbons (Fsp3) is 0.263. The molecule has 2 aromatic carbocycles. The van der Waals surface area contributed by atoms with Crippen LogP contribution in [0.4, 0.5) is 0 Å². The number of ether oxygens (including phenoxy) is 1. The summed E-state index contributed by atoms with van der Waals surface area (Å²) in [5, 5.41) is 4.06. The highest BCUT2D eigenvalue weighted by Gasteiger charge is 2.19.